The average molecular weight is 225 g/mol. The molecule has 0 bridgehead atoms. The minimum absolute atomic E-state index is 0.0990. The van der Waals surface area contributed by atoms with Crippen molar-refractivity contribution >= 4 is 5.91 Å². The predicted molar refractivity (Wildman–Crippen MR) is 64.3 cm³/mol. The molecule has 2 heterocycles. The van der Waals surface area contributed by atoms with Gasteiger partial charge in [-0.1, -0.05) is 13.3 Å². The Labute approximate surface area is 98.0 Å². The maximum Gasteiger partial charge on any atom is 0.239 e. The molecule has 0 aliphatic carbocycles. The van der Waals surface area contributed by atoms with Crippen molar-refractivity contribution in [1.82, 2.24) is 15.1 Å². The minimum atomic E-state index is 0.0990. The highest BCUT2D eigenvalue weighted by Gasteiger charge is 2.27. The molecule has 4 nitrogen and oxygen atoms in total. The molecule has 92 valence electrons. The zero-order valence-corrected chi connectivity index (χ0v) is 10.2. The van der Waals surface area contributed by atoms with Gasteiger partial charge in [-0.2, -0.15) is 0 Å². The molecule has 0 radical (unpaired) electrons. The molecule has 0 aromatic heterocycles. The Bertz CT molecular complexity index is 230. The van der Waals surface area contributed by atoms with Crippen LogP contribution in [0.1, 0.15) is 26.2 Å². The number of amides is 1. The number of carbonyl (C=O) groups excluding carboxylic acids is 1. The Balaban J connectivity index is 1.81. The summed E-state index contributed by atoms with van der Waals surface area (Å²) in [7, 11) is 0. The highest BCUT2D eigenvalue weighted by atomic mass is 16.2. The third-order valence-electron chi connectivity index (χ3n) is 3.74. The molecule has 0 aromatic carbocycles. The lowest BCUT2D eigenvalue weighted by Gasteiger charge is -2.36. The van der Waals surface area contributed by atoms with Gasteiger partial charge in [0.15, 0.2) is 0 Å². The van der Waals surface area contributed by atoms with Gasteiger partial charge in [0.25, 0.3) is 0 Å². The van der Waals surface area contributed by atoms with Crippen LogP contribution in [0.25, 0.3) is 0 Å². The maximum atomic E-state index is 12.2. The largest absolute Gasteiger partial charge is 0.339 e. The topological polar surface area (TPSA) is 35.6 Å². The van der Waals surface area contributed by atoms with E-state index >= 15 is 0 Å². The average Bonchev–Trinajstić information content (AvgIpc) is 2.39. The molecule has 16 heavy (non-hydrogen) atoms. The van der Waals surface area contributed by atoms with Crippen LogP contribution >= 0.6 is 0 Å². The molecule has 0 saturated carbocycles. The van der Waals surface area contributed by atoms with Crippen LogP contribution in [-0.4, -0.2) is 61.0 Å². The molecule has 0 unspecified atom stereocenters. The zero-order chi connectivity index (χ0) is 11.4. The van der Waals surface area contributed by atoms with Crippen molar-refractivity contribution in [3.8, 4) is 0 Å². The summed E-state index contributed by atoms with van der Waals surface area (Å²) in [6.07, 6.45) is 3.43. The van der Waals surface area contributed by atoms with E-state index in [9.17, 15) is 4.79 Å². The van der Waals surface area contributed by atoms with Gasteiger partial charge in [0.2, 0.25) is 5.91 Å². The minimum Gasteiger partial charge on any atom is -0.339 e. The van der Waals surface area contributed by atoms with Crippen LogP contribution in [0.2, 0.25) is 0 Å². The van der Waals surface area contributed by atoms with E-state index in [1.54, 1.807) is 0 Å². The van der Waals surface area contributed by atoms with Crippen molar-refractivity contribution in [2.45, 2.75) is 32.2 Å². The van der Waals surface area contributed by atoms with Gasteiger partial charge in [0, 0.05) is 26.2 Å². The van der Waals surface area contributed by atoms with Crippen LogP contribution in [0.5, 0.6) is 0 Å². The summed E-state index contributed by atoms with van der Waals surface area (Å²) in [5.74, 6) is 0.329. The summed E-state index contributed by atoms with van der Waals surface area (Å²) in [5.41, 5.74) is 0. The van der Waals surface area contributed by atoms with Gasteiger partial charge in [-0.3, -0.25) is 4.79 Å². The monoisotopic (exact) mass is 225 g/mol. The van der Waals surface area contributed by atoms with Crippen LogP contribution in [0.3, 0.4) is 0 Å². The molecule has 1 N–H and O–H groups in total. The second kappa shape index (κ2) is 5.64. The van der Waals surface area contributed by atoms with E-state index in [-0.39, 0.29) is 6.04 Å². The first-order valence-electron chi connectivity index (χ1n) is 6.56. The summed E-state index contributed by atoms with van der Waals surface area (Å²) < 4.78 is 0. The van der Waals surface area contributed by atoms with Crippen molar-refractivity contribution in [2.24, 2.45) is 0 Å². The number of likely N-dealkylation sites (N-methyl/N-ethyl adjacent to an activating group) is 1. The van der Waals surface area contributed by atoms with Gasteiger partial charge in [0.1, 0.15) is 0 Å². The molecule has 1 amide bonds. The Morgan fingerprint density at radius 3 is 2.56 bits per heavy atom. The fraction of sp³-hybridized carbons (Fsp3) is 0.917. The molecular weight excluding hydrogens is 202 g/mol. The van der Waals surface area contributed by atoms with E-state index in [1.807, 2.05) is 4.90 Å². The molecule has 2 aliphatic rings. The van der Waals surface area contributed by atoms with Crippen LogP contribution in [0.15, 0.2) is 0 Å². The van der Waals surface area contributed by atoms with E-state index in [1.165, 1.54) is 12.8 Å². The van der Waals surface area contributed by atoms with Gasteiger partial charge in [0.05, 0.1) is 6.04 Å². The normalized spacial score (nSPS) is 28.1. The molecule has 4 heteroatoms. The molecule has 2 aliphatic heterocycles. The molecule has 2 saturated heterocycles. The Hall–Kier alpha value is -0.610. The van der Waals surface area contributed by atoms with Crippen molar-refractivity contribution < 1.29 is 4.79 Å². The van der Waals surface area contributed by atoms with Crippen molar-refractivity contribution in [3.63, 3.8) is 0 Å². The molecule has 0 aromatic rings. The zero-order valence-electron chi connectivity index (χ0n) is 10.2. The molecule has 2 rings (SSSR count). The maximum absolute atomic E-state index is 12.2. The highest BCUT2D eigenvalue weighted by molar-refractivity contribution is 5.82. The highest BCUT2D eigenvalue weighted by Crippen LogP contribution is 2.11. The first-order valence-corrected chi connectivity index (χ1v) is 6.56. The lowest BCUT2D eigenvalue weighted by molar-refractivity contribution is -0.135. The van der Waals surface area contributed by atoms with E-state index in [4.69, 9.17) is 0 Å². The van der Waals surface area contributed by atoms with E-state index < -0.39 is 0 Å². The van der Waals surface area contributed by atoms with Crippen molar-refractivity contribution in [2.75, 3.05) is 39.3 Å². The van der Waals surface area contributed by atoms with Gasteiger partial charge in [-0.15, -0.1) is 0 Å². The lowest BCUT2D eigenvalue weighted by atomic mass is 10.0. The first-order chi connectivity index (χ1) is 7.81. The fourth-order valence-electron chi connectivity index (χ4n) is 2.57. The number of carbonyl (C=O) groups is 1. The van der Waals surface area contributed by atoms with Gasteiger partial charge < -0.3 is 15.1 Å². The van der Waals surface area contributed by atoms with Crippen LogP contribution in [-0.2, 0) is 4.79 Å². The smallest absolute Gasteiger partial charge is 0.239 e. The second-order valence-corrected chi connectivity index (χ2v) is 4.76. The Morgan fingerprint density at radius 1 is 1.25 bits per heavy atom. The summed E-state index contributed by atoms with van der Waals surface area (Å²) in [5, 5.41) is 3.34. The van der Waals surface area contributed by atoms with Crippen molar-refractivity contribution in [3.05, 3.63) is 0 Å². The number of rotatable bonds is 2. The number of piperidine rings is 1. The standard InChI is InChI=1S/C12H23N3O/c1-2-14-7-9-15(10-8-14)12(16)11-5-3-4-6-13-11/h11,13H,2-10H2,1H3/t11-/m0/s1. The van der Waals surface area contributed by atoms with Crippen molar-refractivity contribution in [1.29, 1.82) is 0 Å². The fourth-order valence-corrected chi connectivity index (χ4v) is 2.57. The second-order valence-electron chi connectivity index (χ2n) is 4.76. The molecule has 0 spiro atoms. The predicted octanol–water partition coefficient (Wildman–Crippen LogP) is 0.293. The molecular formula is C12H23N3O. The summed E-state index contributed by atoms with van der Waals surface area (Å²) in [6.45, 7) is 8.18. The third-order valence-corrected chi connectivity index (χ3v) is 3.74. The van der Waals surface area contributed by atoms with Gasteiger partial charge >= 0.3 is 0 Å². The number of nitrogens with zero attached hydrogens (tertiary/aromatic N) is 2. The first kappa shape index (κ1) is 11.9. The number of nitrogens with one attached hydrogen (secondary N) is 1. The van der Waals surface area contributed by atoms with Crippen LogP contribution < -0.4 is 5.32 Å². The lowest BCUT2D eigenvalue weighted by Crippen LogP contribution is -2.54. The van der Waals surface area contributed by atoms with Crippen LogP contribution in [0, 0.1) is 0 Å². The summed E-state index contributed by atoms with van der Waals surface area (Å²) >= 11 is 0. The van der Waals surface area contributed by atoms with Gasteiger partial charge in [-0.05, 0) is 25.9 Å². The Kier molecular flexibility index (Phi) is 4.18. The van der Waals surface area contributed by atoms with E-state index in [2.05, 4.69) is 17.1 Å². The van der Waals surface area contributed by atoms with Crippen LogP contribution in [0.4, 0.5) is 0 Å². The van der Waals surface area contributed by atoms with Gasteiger partial charge in [-0.25, -0.2) is 0 Å². The number of hydrogen-bond donors (Lipinski definition) is 1. The molecule has 1 atom stereocenters. The Morgan fingerprint density at radius 2 is 2.00 bits per heavy atom. The SMILES string of the molecule is CCN1CCN(C(=O)[C@@H]2CCCCN2)CC1. The van der Waals surface area contributed by atoms with E-state index in [0.717, 1.165) is 45.7 Å². The summed E-state index contributed by atoms with van der Waals surface area (Å²) in [4.78, 5) is 16.6. The molecule has 2 fully saturated rings. The number of piperazine rings is 1. The number of hydrogen-bond acceptors (Lipinski definition) is 3. The quantitative estimate of drug-likeness (QED) is 0.734. The summed E-state index contributed by atoms with van der Waals surface area (Å²) in [6, 6.07) is 0.0990. The third kappa shape index (κ3) is 2.74. The van der Waals surface area contributed by atoms with E-state index in [0.29, 0.717) is 5.91 Å².